The van der Waals surface area contributed by atoms with Crippen LogP contribution in [0.2, 0.25) is 0 Å². The van der Waals surface area contributed by atoms with Crippen LogP contribution in [0, 0.1) is 5.82 Å². The molecule has 0 fully saturated rings. The molecule has 0 saturated heterocycles. The normalized spacial score (nSPS) is 11.6. The number of ether oxygens (including phenoxy) is 2. The number of hydrogen-bond donors (Lipinski definition) is 0. The number of halogens is 1. The fourth-order valence-electron chi connectivity index (χ4n) is 1.58. The molecule has 0 heterocycles. The van der Waals surface area contributed by atoms with Crippen LogP contribution in [0.15, 0.2) is 24.3 Å². The summed E-state index contributed by atoms with van der Waals surface area (Å²) < 4.78 is 23.1. The number of nitrogens with zero attached hydrogens (tertiary/aromatic N) is 1. The highest BCUT2D eigenvalue weighted by molar-refractivity contribution is 5.84. The summed E-state index contributed by atoms with van der Waals surface area (Å²) in [7, 11) is 1.48. The summed E-state index contributed by atoms with van der Waals surface area (Å²) in [6.07, 6.45) is -0.823. The third-order valence-corrected chi connectivity index (χ3v) is 2.50. The molecule has 0 aliphatic rings. The van der Waals surface area contributed by atoms with E-state index in [1.54, 1.807) is 13.0 Å². The van der Waals surface area contributed by atoms with E-state index in [1.165, 1.54) is 37.1 Å². The molecule has 1 rings (SSSR count). The van der Waals surface area contributed by atoms with Crippen molar-refractivity contribution in [1.29, 1.82) is 0 Å². The largest absolute Gasteiger partial charge is 0.481 e. The van der Waals surface area contributed by atoms with Gasteiger partial charge in [-0.2, -0.15) is 0 Å². The van der Waals surface area contributed by atoms with Crippen LogP contribution in [0.3, 0.4) is 0 Å². The van der Waals surface area contributed by atoms with E-state index in [4.69, 9.17) is 9.47 Å². The standard InChI is InChI=1S/C14H18FNO4/c1-4-19-13(17)9-16(3)14(18)10(2)20-12-7-5-6-11(15)8-12/h5-8,10H,4,9H2,1-3H3. The van der Waals surface area contributed by atoms with Gasteiger partial charge in [0.15, 0.2) is 6.10 Å². The molecule has 1 aromatic carbocycles. The molecule has 0 aliphatic carbocycles. The molecule has 1 amide bonds. The molecule has 6 heteroatoms. The Bertz CT molecular complexity index is 478. The maximum absolute atomic E-state index is 13.0. The lowest BCUT2D eigenvalue weighted by atomic mass is 10.3. The van der Waals surface area contributed by atoms with Gasteiger partial charge in [-0.1, -0.05) is 6.07 Å². The smallest absolute Gasteiger partial charge is 0.325 e. The van der Waals surface area contributed by atoms with E-state index in [2.05, 4.69) is 0 Å². The van der Waals surface area contributed by atoms with Crippen molar-refractivity contribution in [2.45, 2.75) is 20.0 Å². The van der Waals surface area contributed by atoms with Gasteiger partial charge in [0.1, 0.15) is 18.1 Å². The second-order valence-corrected chi connectivity index (χ2v) is 4.22. The van der Waals surface area contributed by atoms with Gasteiger partial charge in [-0.25, -0.2) is 4.39 Å². The highest BCUT2D eigenvalue weighted by atomic mass is 19.1. The Kier molecular flexibility index (Phi) is 5.96. The fraction of sp³-hybridized carbons (Fsp3) is 0.429. The molecular formula is C14H18FNO4. The summed E-state index contributed by atoms with van der Waals surface area (Å²) in [5, 5.41) is 0. The van der Waals surface area contributed by atoms with E-state index in [1.807, 2.05) is 0 Å². The van der Waals surface area contributed by atoms with Gasteiger partial charge >= 0.3 is 5.97 Å². The minimum absolute atomic E-state index is 0.149. The van der Waals surface area contributed by atoms with Gasteiger partial charge in [0, 0.05) is 13.1 Å². The molecule has 20 heavy (non-hydrogen) atoms. The van der Waals surface area contributed by atoms with Crippen LogP contribution in [0.1, 0.15) is 13.8 Å². The number of carbonyl (C=O) groups excluding carboxylic acids is 2. The zero-order chi connectivity index (χ0) is 15.1. The average molecular weight is 283 g/mol. The molecule has 1 atom stereocenters. The molecule has 110 valence electrons. The Labute approximate surface area is 117 Å². The van der Waals surface area contributed by atoms with Gasteiger partial charge in [0.2, 0.25) is 0 Å². The number of amides is 1. The Morgan fingerprint density at radius 3 is 2.70 bits per heavy atom. The first-order chi connectivity index (χ1) is 9.43. The van der Waals surface area contributed by atoms with Crippen LogP contribution in [0.4, 0.5) is 4.39 Å². The molecule has 1 unspecified atom stereocenters. The molecule has 0 saturated carbocycles. The van der Waals surface area contributed by atoms with Gasteiger partial charge in [-0.15, -0.1) is 0 Å². The zero-order valence-corrected chi connectivity index (χ0v) is 11.8. The number of hydrogen-bond acceptors (Lipinski definition) is 4. The minimum atomic E-state index is -0.823. The first-order valence-corrected chi connectivity index (χ1v) is 6.26. The van der Waals surface area contributed by atoms with Crippen molar-refractivity contribution in [3.63, 3.8) is 0 Å². The lowest BCUT2D eigenvalue weighted by Gasteiger charge is -2.21. The number of esters is 1. The summed E-state index contributed by atoms with van der Waals surface area (Å²) in [4.78, 5) is 24.5. The Hall–Kier alpha value is -2.11. The van der Waals surface area contributed by atoms with E-state index in [0.29, 0.717) is 0 Å². The van der Waals surface area contributed by atoms with Crippen LogP contribution >= 0.6 is 0 Å². The summed E-state index contributed by atoms with van der Waals surface area (Å²) >= 11 is 0. The van der Waals surface area contributed by atoms with Crippen molar-refractivity contribution >= 4 is 11.9 Å². The summed E-state index contributed by atoms with van der Waals surface area (Å²) in [6.45, 7) is 3.34. The number of rotatable bonds is 6. The monoisotopic (exact) mass is 283 g/mol. The molecule has 0 aromatic heterocycles. The molecule has 5 nitrogen and oxygen atoms in total. The second-order valence-electron chi connectivity index (χ2n) is 4.22. The van der Waals surface area contributed by atoms with Crippen LogP contribution in [0.5, 0.6) is 5.75 Å². The van der Waals surface area contributed by atoms with Gasteiger partial charge in [0.25, 0.3) is 5.91 Å². The lowest BCUT2D eigenvalue weighted by Crippen LogP contribution is -2.41. The van der Waals surface area contributed by atoms with Crippen molar-refractivity contribution in [3.8, 4) is 5.75 Å². The van der Waals surface area contributed by atoms with Gasteiger partial charge in [-0.3, -0.25) is 9.59 Å². The van der Waals surface area contributed by atoms with E-state index < -0.39 is 17.9 Å². The van der Waals surface area contributed by atoms with E-state index in [0.717, 1.165) is 0 Å². The third kappa shape index (κ3) is 4.87. The number of likely N-dealkylation sites (N-methyl/N-ethyl adjacent to an activating group) is 1. The Balaban J connectivity index is 2.56. The van der Waals surface area contributed by atoms with Gasteiger partial charge in [-0.05, 0) is 26.0 Å². The summed E-state index contributed by atoms with van der Waals surface area (Å²) in [5.41, 5.74) is 0. The van der Waals surface area contributed by atoms with E-state index in [9.17, 15) is 14.0 Å². The summed E-state index contributed by atoms with van der Waals surface area (Å²) in [5.74, 6) is -1.05. The molecule has 0 spiro atoms. The lowest BCUT2D eigenvalue weighted by molar-refractivity contribution is -0.150. The predicted molar refractivity (Wildman–Crippen MR) is 70.8 cm³/mol. The second kappa shape index (κ2) is 7.47. The van der Waals surface area contributed by atoms with Crippen molar-refractivity contribution in [1.82, 2.24) is 4.90 Å². The van der Waals surface area contributed by atoms with E-state index in [-0.39, 0.29) is 24.8 Å². The zero-order valence-electron chi connectivity index (χ0n) is 11.8. The first-order valence-electron chi connectivity index (χ1n) is 6.26. The van der Waals surface area contributed by atoms with Gasteiger partial charge < -0.3 is 14.4 Å². The maximum Gasteiger partial charge on any atom is 0.325 e. The maximum atomic E-state index is 13.0. The van der Waals surface area contributed by atoms with Crippen molar-refractivity contribution in [2.24, 2.45) is 0 Å². The molecule has 0 aliphatic heterocycles. The quantitative estimate of drug-likeness (QED) is 0.744. The summed E-state index contributed by atoms with van der Waals surface area (Å²) in [6, 6.07) is 5.52. The highest BCUT2D eigenvalue weighted by Gasteiger charge is 2.21. The molecular weight excluding hydrogens is 265 g/mol. The van der Waals surface area contributed by atoms with Crippen LogP contribution < -0.4 is 4.74 Å². The van der Waals surface area contributed by atoms with E-state index >= 15 is 0 Å². The molecule has 1 aromatic rings. The van der Waals surface area contributed by atoms with Crippen molar-refractivity contribution < 1.29 is 23.5 Å². The van der Waals surface area contributed by atoms with Gasteiger partial charge in [0.05, 0.1) is 6.61 Å². The number of benzene rings is 1. The SMILES string of the molecule is CCOC(=O)CN(C)C(=O)C(C)Oc1cccc(F)c1. The van der Waals surface area contributed by atoms with Crippen LogP contribution in [0.25, 0.3) is 0 Å². The topological polar surface area (TPSA) is 55.8 Å². The Morgan fingerprint density at radius 2 is 2.10 bits per heavy atom. The minimum Gasteiger partial charge on any atom is -0.481 e. The molecule has 0 radical (unpaired) electrons. The molecule has 0 N–H and O–H groups in total. The number of carbonyl (C=O) groups is 2. The fourth-order valence-corrected chi connectivity index (χ4v) is 1.58. The van der Waals surface area contributed by atoms with Crippen LogP contribution in [-0.4, -0.2) is 43.1 Å². The highest BCUT2D eigenvalue weighted by Crippen LogP contribution is 2.14. The van der Waals surface area contributed by atoms with Crippen LogP contribution in [-0.2, 0) is 14.3 Å². The average Bonchev–Trinajstić information content (AvgIpc) is 2.37. The van der Waals surface area contributed by atoms with Crippen molar-refractivity contribution in [2.75, 3.05) is 20.2 Å². The van der Waals surface area contributed by atoms with Crippen molar-refractivity contribution in [3.05, 3.63) is 30.1 Å². The third-order valence-electron chi connectivity index (χ3n) is 2.50. The predicted octanol–water partition coefficient (Wildman–Crippen LogP) is 1.61. The first kappa shape index (κ1) is 15.9. The Morgan fingerprint density at radius 1 is 1.40 bits per heavy atom. The molecule has 0 bridgehead atoms.